The van der Waals surface area contributed by atoms with Crippen LogP contribution in [-0.4, -0.2) is 23.6 Å². The lowest BCUT2D eigenvalue weighted by Gasteiger charge is -2.35. The number of ether oxygens (including phenoxy) is 1. The Morgan fingerprint density at radius 1 is 1.40 bits per heavy atom. The molecule has 0 aromatic carbocycles. The number of amidine groups is 1. The largest absolute Gasteiger partial charge is 0.491 e. The molecule has 3 rings (SSSR count). The van der Waals surface area contributed by atoms with Crippen molar-refractivity contribution in [3.63, 3.8) is 0 Å². The Morgan fingerprint density at radius 3 is 2.80 bits per heavy atom. The zero-order valence-corrected chi connectivity index (χ0v) is 12.6. The third kappa shape index (κ3) is 1.95. The van der Waals surface area contributed by atoms with Crippen molar-refractivity contribution in [1.29, 1.82) is 0 Å². The van der Waals surface area contributed by atoms with Gasteiger partial charge in [0.2, 0.25) is 11.5 Å². The number of aliphatic imine (C=N–C) groups is 1. The molecule has 0 aromatic heterocycles. The van der Waals surface area contributed by atoms with Gasteiger partial charge in [0.05, 0.1) is 13.2 Å². The van der Waals surface area contributed by atoms with Gasteiger partial charge in [-0.1, -0.05) is 19.8 Å². The van der Waals surface area contributed by atoms with Crippen LogP contribution < -0.4 is 5.43 Å². The molecule has 0 aromatic rings. The van der Waals surface area contributed by atoms with Gasteiger partial charge >= 0.3 is 0 Å². The summed E-state index contributed by atoms with van der Waals surface area (Å²) in [4.78, 5) is 4.80. The summed E-state index contributed by atoms with van der Waals surface area (Å²) in [5, 5.41) is 0. The molecule has 0 spiro atoms. The van der Waals surface area contributed by atoms with E-state index in [4.69, 9.17) is 9.73 Å². The minimum absolute atomic E-state index is 0.549. The van der Waals surface area contributed by atoms with Crippen LogP contribution in [0.15, 0.2) is 40.5 Å². The molecule has 0 saturated heterocycles. The lowest BCUT2D eigenvalue weighted by atomic mass is 10.1. The molecule has 20 heavy (non-hydrogen) atoms. The monoisotopic (exact) mass is 274 g/mol. The molecule has 1 saturated carbocycles. The number of nitrogens with zero attached hydrogens (tertiary/aromatic N) is 2. The Morgan fingerprint density at radius 2 is 2.15 bits per heavy atom. The first-order chi connectivity index (χ1) is 9.71. The Labute approximate surface area is 121 Å². The maximum absolute atomic E-state index is 5.60. The molecule has 1 aliphatic carbocycles. The molecular formula is C16H24N3O+. The number of nitrogens with one attached hydrogen (secondary N) is 1. The normalized spacial score (nSPS) is 29.6. The van der Waals surface area contributed by atoms with Crippen LogP contribution in [0.5, 0.6) is 0 Å². The third-order valence-electron chi connectivity index (χ3n) is 4.52. The molecule has 108 valence electrons. The lowest BCUT2D eigenvalue weighted by molar-refractivity contribution is -0.799. The van der Waals surface area contributed by atoms with Gasteiger partial charge in [-0.25, -0.2) is 0 Å². The quantitative estimate of drug-likeness (QED) is 0.798. The molecule has 1 unspecified atom stereocenters. The molecule has 1 atom stereocenters. The number of hydrogen-bond donors (Lipinski definition) is 1. The molecule has 4 nitrogen and oxygen atoms in total. The van der Waals surface area contributed by atoms with Crippen molar-refractivity contribution in [3.05, 3.63) is 35.5 Å². The third-order valence-corrected chi connectivity index (χ3v) is 4.52. The van der Waals surface area contributed by atoms with Crippen molar-refractivity contribution in [2.24, 2.45) is 4.99 Å². The summed E-state index contributed by atoms with van der Waals surface area (Å²) >= 11 is 0. The molecule has 4 heteroatoms. The lowest BCUT2D eigenvalue weighted by Crippen LogP contribution is -2.58. The van der Waals surface area contributed by atoms with E-state index in [0.29, 0.717) is 10.6 Å². The van der Waals surface area contributed by atoms with E-state index >= 15 is 0 Å². The van der Waals surface area contributed by atoms with E-state index in [0.717, 1.165) is 23.7 Å². The number of allylic oxidation sites excluding steroid dienone is 3. The van der Waals surface area contributed by atoms with Gasteiger partial charge in [0.15, 0.2) is 5.76 Å². The minimum atomic E-state index is 0.549. The first-order valence-electron chi connectivity index (χ1n) is 7.61. The highest BCUT2D eigenvalue weighted by molar-refractivity contribution is 5.79. The summed E-state index contributed by atoms with van der Waals surface area (Å²) in [6, 6.07) is 0.562. The van der Waals surface area contributed by atoms with Crippen molar-refractivity contribution in [3.8, 4) is 0 Å². The van der Waals surface area contributed by atoms with Crippen LogP contribution in [0.1, 0.15) is 46.0 Å². The first kappa shape index (κ1) is 13.6. The van der Waals surface area contributed by atoms with Crippen LogP contribution >= 0.6 is 0 Å². The molecule has 1 N–H and O–H groups in total. The summed E-state index contributed by atoms with van der Waals surface area (Å²) in [5.74, 6) is 2.01. The van der Waals surface area contributed by atoms with Gasteiger partial charge in [-0.2, -0.15) is 4.99 Å². The number of quaternary nitrogens is 1. The van der Waals surface area contributed by atoms with Gasteiger partial charge in [-0.05, 0) is 31.4 Å². The minimum Gasteiger partial charge on any atom is -0.491 e. The van der Waals surface area contributed by atoms with Crippen LogP contribution in [0.4, 0.5) is 0 Å². The average molecular weight is 274 g/mol. The van der Waals surface area contributed by atoms with Gasteiger partial charge < -0.3 is 4.74 Å². The maximum atomic E-state index is 5.60. The smallest absolute Gasteiger partial charge is 0.229 e. The van der Waals surface area contributed by atoms with Crippen molar-refractivity contribution in [2.75, 3.05) is 7.11 Å². The van der Waals surface area contributed by atoms with Crippen molar-refractivity contribution in [2.45, 2.75) is 52.0 Å². The second-order valence-corrected chi connectivity index (χ2v) is 5.72. The number of rotatable bonds is 4. The van der Waals surface area contributed by atoms with E-state index in [2.05, 4.69) is 31.5 Å². The fraction of sp³-hybridized carbons (Fsp3) is 0.562. The Kier molecular flexibility index (Phi) is 3.52. The number of methoxy groups -OCH3 is 1. The fourth-order valence-electron chi connectivity index (χ4n) is 3.48. The molecule has 3 aliphatic rings. The zero-order chi connectivity index (χ0) is 14.2. The average Bonchev–Trinajstić information content (AvgIpc) is 3.06. The standard InChI is InChI=1S/C16H24N3O/c1-4-14-16-15(20-3)10-7-11-19(16,12(2)17-14)18-13-8-5-6-9-13/h7,10-11,13,18H,4-6,8-9H2,1-3H3/q+1. The highest BCUT2D eigenvalue weighted by Gasteiger charge is 2.48. The van der Waals surface area contributed by atoms with Crippen LogP contribution in [0.25, 0.3) is 0 Å². The van der Waals surface area contributed by atoms with Gasteiger partial charge in [0, 0.05) is 6.92 Å². The summed E-state index contributed by atoms with van der Waals surface area (Å²) in [6.07, 6.45) is 12.4. The van der Waals surface area contributed by atoms with Gasteiger partial charge in [0.1, 0.15) is 11.9 Å². The van der Waals surface area contributed by atoms with E-state index in [1.165, 1.54) is 31.4 Å². The molecular weight excluding hydrogens is 250 g/mol. The number of fused-ring (bicyclic) bond motifs is 1. The van der Waals surface area contributed by atoms with Crippen LogP contribution in [0.2, 0.25) is 0 Å². The van der Waals surface area contributed by atoms with E-state index in [-0.39, 0.29) is 0 Å². The second kappa shape index (κ2) is 5.19. The van der Waals surface area contributed by atoms with Gasteiger partial charge in [-0.15, -0.1) is 10.0 Å². The topological polar surface area (TPSA) is 33.6 Å². The summed E-state index contributed by atoms with van der Waals surface area (Å²) in [5.41, 5.74) is 6.11. The fourth-order valence-corrected chi connectivity index (χ4v) is 3.48. The van der Waals surface area contributed by atoms with E-state index in [1.807, 2.05) is 6.08 Å². The molecule has 2 heterocycles. The van der Waals surface area contributed by atoms with Crippen molar-refractivity contribution >= 4 is 5.84 Å². The molecule has 1 fully saturated rings. The highest BCUT2D eigenvalue weighted by atomic mass is 16.5. The van der Waals surface area contributed by atoms with Crippen LogP contribution in [0.3, 0.4) is 0 Å². The molecule has 0 bridgehead atoms. The van der Waals surface area contributed by atoms with Gasteiger partial charge in [-0.3, -0.25) is 0 Å². The molecule has 0 radical (unpaired) electrons. The number of hydrogen-bond acceptors (Lipinski definition) is 3. The van der Waals surface area contributed by atoms with E-state index in [9.17, 15) is 0 Å². The summed E-state index contributed by atoms with van der Waals surface area (Å²) in [7, 11) is 1.74. The van der Waals surface area contributed by atoms with Crippen LogP contribution in [-0.2, 0) is 4.74 Å². The predicted molar refractivity (Wildman–Crippen MR) is 80.3 cm³/mol. The zero-order valence-electron chi connectivity index (χ0n) is 12.6. The van der Waals surface area contributed by atoms with Crippen molar-refractivity contribution < 1.29 is 9.33 Å². The first-order valence-corrected chi connectivity index (χ1v) is 7.61. The Hall–Kier alpha value is -1.39. The summed E-state index contributed by atoms with van der Waals surface area (Å²) < 4.78 is 6.15. The molecule has 0 amide bonds. The SMILES string of the molecule is CCC1=C2C(OC)=CC=C[N+]2(NC2CCCC2)C(C)=N1. The van der Waals surface area contributed by atoms with Gasteiger partial charge in [0.25, 0.3) is 0 Å². The Bertz CT molecular complexity index is 524. The van der Waals surface area contributed by atoms with E-state index < -0.39 is 0 Å². The van der Waals surface area contributed by atoms with Crippen LogP contribution in [0, 0.1) is 0 Å². The van der Waals surface area contributed by atoms with E-state index in [1.54, 1.807) is 7.11 Å². The highest BCUT2D eigenvalue weighted by Crippen LogP contribution is 2.38. The predicted octanol–water partition coefficient (Wildman–Crippen LogP) is 3.36. The van der Waals surface area contributed by atoms with Crippen molar-refractivity contribution in [1.82, 2.24) is 5.43 Å². The Balaban J connectivity index is 2.01. The second-order valence-electron chi connectivity index (χ2n) is 5.72. The maximum Gasteiger partial charge on any atom is 0.229 e. The summed E-state index contributed by atoms with van der Waals surface area (Å²) in [6.45, 7) is 4.26. The molecule has 2 aliphatic heterocycles.